The first-order valence-electron chi connectivity index (χ1n) is 3.85. The lowest BCUT2D eigenvalue weighted by atomic mass is 10.3. The monoisotopic (exact) mass is 186 g/mol. The third-order valence-corrected chi connectivity index (χ3v) is 1.93. The largest absolute Gasteiger partial charge is 0.361 e. The topological polar surface area (TPSA) is 36.3 Å². The van der Waals surface area contributed by atoms with E-state index >= 15 is 0 Å². The molecular formula is C8H11ClN2O. The van der Waals surface area contributed by atoms with E-state index < -0.39 is 0 Å². The van der Waals surface area contributed by atoms with Crippen molar-refractivity contribution in [3.63, 3.8) is 0 Å². The Labute approximate surface area is 77.2 Å². The molecule has 1 saturated heterocycles. The lowest BCUT2D eigenvalue weighted by Crippen LogP contribution is -2.41. The minimum atomic E-state index is -0.275. The number of ether oxygens (including phenoxy) is 1. The summed E-state index contributed by atoms with van der Waals surface area (Å²) in [5.41, 5.74) is 1.50. The molecule has 0 aliphatic carbocycles. The number of hydrogen-bond donors (Lipinski definition) is 0. The fraction of sp³-hybridized carbons (Fsp3) is 0.625. The second kappa shape index (κ2) is 5.15. The number of morpholine rings is 1. The van der Waals surface area contributed by atoms with E-state index in [0.717, 1.165) is 13.1 Å². The third kappa shape index (κ3) is 2.82. The molecule has 1 aliphatic heterocycles. The summed E-state index contributed by atoms with van der Waals surface area (Å²) < 4.78 is 5.18. The first kappa shape index (κ1) is 9.53. The van der Waals surface area contributed by atoms with Gasteiger partial charge in [-0.25, -0.2) is 0 Å². The maximum atomic E-state index is 8.59. The molecule has 3 nitrogen and oxygen atoms in total. The molecule has 0 bridgehead atoms. The van der Waals surface area contributed by atoms with Gasteiger partial charge in [0.1, 0.15) is 0 Å². The van der Waals surface area contributed by atoms with Crippen molar-refractivity contribution in [2.45, 2.75) is 6.10 Å². The van der Waals surface area contributed by atoms with Gasteiger partial charge in [0.2, 0.25) is 0 Å². The van der Waals surface area contributed by atoms with Crippen LogP contribution in [0.15, 0.2) is 11.6 Å². The van der Waals surface area contributed by atoms with Crippen molar-refractivity contribution in [3.8, 4) is 6.07 Å². The molecule has 0 saturated carbocycles. The van der Waals surface area contributed by atoms with Crippen molar-refractivity contribution in [1.29, 1.82) is 5.26 Å². The maximum absolute atomic E-state index is 8.59. The number of nitriles is 1. The predicted molar refractivity (Wildman–Crippen MR) is 46.8 cm³/mol. The molecule has 0 amide bonds. The first-order valence-corrected chi connectivity index (χ1v) is 4.29. The number of rotatable bonds is 2. The summed E-state index contributed by atoms with van der Waals surface area (Å²) in [5, 5.41) is 8.59. The van der Waals surface area contributed by atoms with Crippen molar-refractivity contribution >= 4 is 11.6 Å². The minimum absolute atomic E-state index is 0.275. The van der Waals surface area contributed by atoms with Crippen LogP contribution in [0.5, 0.6) is 0 Å². The smallest absolute Gasteiger partial charge is 0.156 e. The van der Waals surface area contributed by atoms with Gasteiger partial charge in [-0.15, -0.1) is 0 Å². The van der Waals surface area contributed by atoms with Gasteiger partial charge in [0.15, 0.2) is 6.10 Å². The Morgan fingerprint density at radius 3 is 3.25 bits per heavy atom. The van der Waals surface area contributed by atoms with E-state index in [1.807, 2.05) is 6.08 Å². The van der Waals surface area contributed by atoms with E-state index in [2.05, 4.69) is 11.0 Å². The van der Waals surface area contributed by atoms with Crippen LogP contribution in [-0.4, -0.2) is 37.2 Å². The molecule has 0 aromatic carbocycles. The van der Waals surface area contributed by atoms with E-state index in [1.165, 1.54) is 5.54 Å². The molecule has 0 aromatic heterocycles. The number of nitrogens with zero attached hydrogens (tertiary/aromatic N) is 2. The van der Waals surface area contributed by atoms with Gasteiger partial charge in [-0.1, -0.05) is 17.7 Å². The molecule has 0 spiro atoms. The predicted octanol–water partition coefficient (Wildman–Crippen LogP) is 0.963. The summed E-state index contributed by atoms with van der Waals surface area (Å²) in [6.07, 6.45) is 1.59. The Hall–Kier alpha value is -0.560. The molecule has 1 heterocycles. The lowest BCUT2D eigenvalue weighted by Gasteiger charge is -2.28. The lowest BCUT2D eigenvalue weighted by molar-refractivity contribution is 0.00517. The van der Waals surface area contributed by atoms with E-state index in [4.69, 9.17) is 21.6 Å². The molecule has 12 heavy (non-hydrogen) atoms. The van der Waals surface area contributed by atoms with Crippen LogP contribution < -0.4 is 0 Å². The Morgan fingerprint density at radius 1 is 1.75 bits per heavy atom. The van der Waals surface area contributed by atoms with E-state index in [-0.39, 0.29) is 6.10 Å². The minimum Gasteiger partial charge on any atom is -0.361 e. The molecule has 0 aromatic rings. The Kier molecular flexibility index (Phi) is 4.09. The fourth-order valence-corrected chi connectivity index (χ4v) is 1.22. The average molecular weight is 187 g/mol. The standard InChI is InChI=1S/C8H11ClN2O/c9-2-1-3-11-4-5-12-8(6-10)7-11/h1-2,8H,3-5,7H2. The third-order valence-electron chi connectivity index (χ3n) is 1.75. The van der Waals surface area contributed by atoms with Crippen LogP contribution in [0.4, 0.5) is 0 Å². The van der Waals surface area contributed by atoms with Crippen LogP contribution in [0.25, 0.3) is 0 Å². The SMILES string of the molecule is N#CC1CN(CC=CCl)CCO1. The van der Waals surface area contributed by atoms with Gasteiger partial charge >= 0.3 is 0 Å². The van der Waals surface area contributed by atoms with Gasteiger partial charge in [-0.2, -0.15) is 5.26 Å². The highest BCUT2D eigenvalue weighted by Crippen LogP contribution is 2.03. The molecule has 0 N–H and O–H groups in total. The summed E-state index contributed by atoms with van der Waals surface area (Å²) in [6.45, 7) is 2.98. The van der Waals surface area contributed by atoms with Crippen molar-refractivity contribution in [2.24, 2.45) is 0 Å². The summed E-state index contributed by atoms with van der Waals surface area (Å²) >= 11 is 5.39. The Balaban J connectivity index is 2.31. The van der Waals surface area contributed by atoms with Crippen molar-refractivity contribution in [1.82, 2.24) is 4.90 Å². The Morgan fingerprint density at radius 2 is 2.58 bits per heavy atom. The fourth-order valence-electron chi connectivity index (χ4n) is 1.14. The first-order chi connectivity index (χ1) is 5.86. The molecule has 0 radical (unpaired) electrons. The molecule has 66 valence electrons. The average Bonchev–Trinajstić information content (AvgIpc) is 2.15. The van der Waals surface area contributed by atoms with E-state index in [1.54, 1.807) is 0 Å². The van der Waals surface area contributed by atoms with Gasteiger partial charge in [0.05, 0.1) is 12.7 Å². The summed E-state index contributed by atoms with van der Waals surface area (Å²) in [5.74, 6) is 0. The molecule has 1 aliphatic rings. The molecule has 4 heteroatoms. The second-order valence-corrected chi connectivity index (χ2v) is 2.86. The van der Waals surface area contributed by atoms with Gasteiger partial charge in [0, 0.05) is 25.2 Å². The molecular weight excluding hydrogens is 176 g/mol. The highest BCUT2D eigenvalue weighted by atomic mass is 35.5. The van der Waals surface area contributed by atoms with Crippen LogP contribution in [0.2, 0.25) is 0 Å². The van der Waals surface area contributed by atoms with Gasteiger partial charge in [0.25, 0.3) is 0 Å². The Bertz CT molecular complexity index is 200. The van der Waals surface area contributed by atoms with Crippen LogP contribution in [0.3, 0.4) is 0 Å². The highest BCUT2D eigenvalue weighted by Gasteiger charge is 2.18. The van der Waals surface area contributed by atoms with Crippen molar-refractivity contribution in [3.05, 3.63) is 11.6 Å². The van der Waals surface area contributed by atoms with Gasteiger partial charge in [-0.3, -0.25) is 4.90 Å². The zero-order valence-corrected chi connectivity index (χ0v) is 7.50. The van der Waals surface area contributed by atoms with Crippen molar-refractivity contribution in [2.75, 3.05) is 26.2 Å². The van der Waals surface area contributed by atoms with Crippen LogP contribution >= 0.6 is 11.6 Å². The van der Waals surface area contributed by atoms with Crippen LogP contribution in [0.1, 0.15) is 0 Å². The number of hydrogen-bond acceptors (Lipinski definition) is 3. The molecule has 1 fully saturated rings. The normalized spacial score (nSPS) is 25.8. The molecule has 1 unspecified atom stereocenters. The molecule has 1 atom stereocenters. The van der Waals surface area contributed by atoms with Crippen LogP contribution in [0, 0.1) is 11.3 Å². The second-order valence-electron chi connectivity index (χ2n) is 2.61. The van der Waals surface area contributed by atoms with E-state index in [9.17, 15) is 0 Å². The highest BCUT2D eigenvalue weighted by molar-refractivity contribution is 6.25. The quantitative estimate of drug-likeness (QED) is 0.645. The van der Waals surface area contributed by atoms with Gasteiger partial charge < -0.3 is 4.74 Å². The summed E-state index contributed by atoms with van der Waals surface area (Å²) in [4.78, 5) is 2.14. The number of halogens is 1. The zero-order chi connectivity index (χ0) is 8.81. The maximum Gasteiger partial charge on any atom is 0.156 e. The van der Waals surface area contributed by atoms with Gasteiger partial charge in [-0.05, 0) is 0 Å². The van der Waals surface area contributed by atoms with Crippen molar-refractivity contribution < 1.29 is 4.74 Å². The zero-order valence-electron chi connectivity index (χ0n) is 6.74. The summed E-state index contributed by atoms with van der Waals surface area (Å²) in [6, 6.07) is 2.09. The summed E-state index contributed by atoms with van der Waals surface area (Å²) in [7, 11) is 0. The van der Waals surface area contributed by atoms with E-state index in [0.29, 0.717) is 13.2 Å². The molecule has 1 rings (SSSR count). The van der Waals surface area contributed by atoms with Crippen LogP contribution in [-0.2, 0) is 4.74 Å².